The predicted octanol–water partition coefficient (Wildman–Crippen LogP) is 3.43. The summed E-state index contributed by atoms with van der Waals surface area (Å²) in [5.41, 5.74) is 2.79. The van der Waals surface area contributed by atoms with Gasteiger partial charge in [0.15, 0.2) is 15.6 Å². The molecule has 4 aromatic rings. The lowest BCUT2D eigenvalue weighted by Crippen LogP contribution is -2.15. The molecule has 0 bridgehead atoms. The first-order valence-electron chi connectivity index (χ1n) is 12.9. The summed E-state index contributed by atoms with van der Waals surface area (Å²) in [6.45, 7) is -0.910. The summed E-state index contributed by atoms with van der Waals surface area (Å²) in [6, 6.07) is 7.15. The van der Waals surface area contributed by atoms with Crippen molar-refractivity contribution in [3.05, 3.63) is 60.4 Å². The summed E-state index contributed by atoms with van der Waals surface area (Å²) in [7, 11) is -24.6. The maximum atomic E-state index is 14.2. The van der Waals surface area contributed by atoms with Crippen molar-refractivity contribution in [3.8, 4) is 5.75 Å². The largest absolute Gasteiger partial charge is 0.505 e. The highest BCUT2D eigenvalue weighted by Crippen LogP contribution is 2.48. The topological polar surface area (TPSA) is 357 Å². The molecule has 21 nitrogen and oxygen atoms in total. The molecule has 0 heterocycles. The molecule has 0 amide bonds. The van der Waals surface area contributed by atoms with Gasteiger partial charge in [-0.3, -0.25) is 18.2 Å². The van der Waals surface area contributed by atoms with Gasteiger partial charge in [-0.1, -0.05) is 0 Å². The zero-order chi connectivity index (χ0) is 38.3. The molecule has 0 saturated heterocycles. The predicted molar refractivity (Wildman–Crippen MR) is 170 cm³/mol. The average molecular weight is 814 g/mol. The van der Waals surface area contributed by atoms with Gasteiger partial charge in [-0.05, 0) is 53.9 Å². The number of nitrogens with zero attached hydrogens (tertiary/aromatic N) is 4. The van der Waals surface area contributed by atoms with Crippen molar-refractivity contribution in [2.24, 2.45) is 20.5 Å². The van der Waals surface area contributed by atoms with Crippen LogP contribution in [-0.2, 0) is 54.8 Å². The molecule has 0 spiro atoms. The van der Waals surface area contributed by atoms with Crippen molar-refractivity contribution >= 4 is 89.8 Å². The summed E-state index contributed by atoms with van der Waals surface area (Å²) >= 11 is 0. The van der Waals surface area contributed by atoms with Gasteiger partial charge in [-0.15, -0.1) is 10.2 Å². The lowest BCUT2D eigenvalue weighted by Gasteiger charge is -2.14. The van der Waals surface area contributed by atoms with Crippen molar-refractivity contribution in [1.29, 1.82) is 0 Å². The number of anilines is 1. The summed E-state index contributed by atoms with van der Waals surface area (Å²) in [4.78, 5) is -3.77. The molecule has 0 fully saturated rings. The number of hydrogen-bond acceptors (Lipinski definition) is 17. The van der Waals surface area contributed by atoms with Gasteiger partial charge < -0.3 is 10.8 Å². The summed E-state index contributed by atoms with van der Waals surface area (Å²) in [5, 5.41) is 24.4. The highest BCUT2D eigenvalue weighted by Gasteiger charge is 2.28. The molecule has 4 rings (SSSR count). The number of fused-ring (bicyclic) bond motifs is 1. The molecule has 51 heavy (non-hydrogen) atoms. The van der Waals surface area contributed by atoms with Gasteiger partial charge in [0.25, 0.3) is 30.4 Å². The van der Waals surface area contributed by atoms with Gasteiger partial charge in [0, 0.05) is 6.07 Å². The standard InChI is InChI=1S/C24H20FN5O16S5/c25-16-11-14(3-6-17(16)48(34,35)36)28-30-23-19(50(40,41)42)10-12-9-18(49(37,38)39)22(21(26)20(12)24(23)31)29-27-13-1-4-15(5-2-13)47(32,33)8-7-46-51(43,44)45/h1-6,9-11,31H,7-8,26H2,(H,34,35,36)(H,37,38,39)(H,40,41,42)(H,43,44,45). The first-order valence-corrected chi connectivity index (χ1v) is 20.3. The Morgan fingerprint density at radius 3 is 1.65 bits per heavy atom. The normalized spacial score (nSPS) is 13.4. The molecule has 0 atom stereocenters. The highest BCUT2D eigenvalue weighted by atomic mass is 32.3. The van der Waals surface area contributed by atoms with E-state index in [9.17, 15) is 60.7 Å². The van der Waals surface area contributed by atoms with Gasteiger partial charge in [-0.25, -0.2) is 17.0 Å². The molecule has 0 aliphatic carbocycles. The molecular formula is C24H20FN5O16S5. The van der Waals surface area contributed by atoms with Gasteiger partial charge in [0.2, 0.25) is 0 Å². The van der Waals surface area contributed by atoms with E-state index in [1.54, 1.807) is 0 Å². The van der Waals surface area contributed by atoms with Gasteiger partial charge in [0.05, 0.1) is 39.7 Å². The van der Waals surface area contributed by atoms with E-state index in [4.69, 9.17) is 14.8 Å². The van der Waals surface area contributed by atoms with E-state index >= 15 is 0 Å². The lowest BCUT2D eigenvalue weighted by atomic mass is 10.1. The number of rotatable bonds is 12. The molecule has 0 unspecified atom stereocenters. The Labute approximate surface area is 287 Å². The minimum Gasteiger partial charge on any atom is -0.505 e. The Kier molecular flexibility index (Phi) is 10.7. The van der Waals surface area contributed by atoms with E-state index in [0.717, 1.165) is 30.3 Å². The SMILES string of the molecule is Nc1c(N=Nc2ccc(S(=O)(=O)CCOS(=O)(=O)O)cc2)c(S(=O)(=O)O)cc2cc(S(=O)(=O)O)c(N=Nc3ccc(S(=O)(=O)O)c(F)c3)c(O)c12. The van der Waals surface area contributed by atoms with Crippen LogP contribution in [0.25, 0.3) is 10.8 Å². The van der Waals surface area contributed by atoms with Crippen molar-refractivity contribution in [3.63, 3.8) is 0 Å². The van der Waals surface area contributed by atoms with Gasteiger partial charge >= 0.3 is 10.4 Å². The number of phenols is 1. The van der Waals surface area contributed by atoms with Crippen molar-refractivity contribution in [2.75, 3.05) is 18.1 Å². The maximum Gasteiger partial charge on any atom is 0.397 e. The van der Waals surface area contributed by atoms with E-state index < -0.39 is 123 Å². The highest BCUT2D eigenvalue weighted by molar-refractivity contribution is 7.91. The van der Waals surface area contributed by atoms with Crippen LogP contribution in [0.15, 0.2) is 94.6 Å². The molecule has 0 aliphatic heterocycles. The molecule has 0 aliphatic rings. The van der Waals surface area contributed by atoms with E-state index in [1.807, 2.05) is 0 Å². The smallest absolute Gasteiger partial charge is 0.397 e. The fraction of sp³-hybridized carbons (Fsp3) is 0.0833. The lowest BCUT2D eigenvalue weighted by molar-refractivity contribution is 0.284. The van der Waals surface area contributed by atoms with Crippen LogP contribution in [0, 0.1) is 5.82 Å². The van der Waals surface area contributed by atoms with Crippen LogP contribution >= 0.6 is 0 Å². The van der Waals surface area contributed by atoms with Crippen molar-refractivity contribution < 1.29 is 74.0 Å². The van der Waals surface area contributed by atoms with Crippen LogP contribution in [0.4, 0.5) is 32.8 Å². The van der Waals surface area contributed by atoms with E-state index in [2.05, 4.69) is 24.6 Å². The molecule has 0 aromatic heterocycles. The third-order valence-corrected chi connectivity index (χ3v) is 11.2. The number of azo groups is 2. The molecule has 274 valence electrons. The quantitative estimate of drug-likeness (QED) is 0.0677. The Morgan fingerprint density at radius 2 is 1.14 bits per heavy atom. The number of nitrogens with two attached hydrogens (primary N) is 1. The number of aromatic hydroxyl groups is 1. The number of benzene rings is 4. The minimum atomic E-state index is -5.31. The first kappa shape index (κ1) is 39.2. The number of hydrogen-bond donors (Lipinski definition) is 6. The summed E-state index contributed by atoms with van der Waals surface area (Å²) in [6.07, 6.45) is 0. The zero-order valence-electron chi connectivity index (χ0n) is 24.6. The van der Waals surface area contributed by atoms with Gasteiger partial charge in [0.1, 0.15) is 31.9 Å². The number of phenolic OH excluding ortho intramolecular Hbond substituents is 1. The Balaban J connectivity index is 1.84. The van der Waals surface area contributed by atoms with Gasteiger partial charge in [-0.2, -0.15) is 43.9 Å². The second kappa shape index (κ2) is 13.9. The Morgan fingerprint density at radius 1 is 0.647 bits per heavy atom. The zero-order valence-corrected chi connectivity index (χ0v) is 28.7. The van der Waals surface area contributed by atoms with E-state index in [-0.39, 0.29) is 10.6 Å². The van der Waals surface area contributed by atoms with E-state index in [0.29, 0.717) is 24.3 Å². The van der Waals surface area contributed by atoms with Crippen LogP contribution in [0.2, 0.25) is 0 Å². The van der Waals surface area contributed by atoms with E-state index in [1.165, 1.54) is 0 Å². The van der Waals surface area contributed by atoms with Crippen LogP contribution in [0.1, 0.15) is 0 Å². The second-order valence-electron chi connectivity index (χ2n) is 9.81. The van der Waals surface area contributed by atoms with Crippen LogP contribution in [0.3, 0.4) is 0 Å². The van der Waals surface area contributed by atoms with Crippen molar-refractivity contribution in [2.45, 2.75) is 19.6 Å². The average Bonchev–Trinajstić information content (AvgIpc) is 2.97. The maximum absolute atomic E-state index is 14.2. The number of nitrogen functional groups attached to an aromatic ring is 1. The molecule has 0 radical (unpaired) electrons. The molecule has 4 aromatic carbocycles. The monoisotopic (exact) mass is 813 g/mol. The number of halogens is 1. The molecule has 27 heteroatoms. The summed E-state index contributed by atoms with van der Waals surface area (Å²) in [5.74, 6) is -3.53. The van der Waals surface area contributed by atoms with Crippen LogP contribution < -0.4 is 5.73 Å². The molecular weight excluding hydrogens is 794 g/mol. The minimum absolute atomic E-state index is 0.156. The van der Waals surface area contributed by atoms with Crippen molar-refractivity contribution in [1.82, 2.24) is 0 Å². The first-order chi connectivity index (χ1) is 23.3. The van der Waals surface area contributed by atoms with Crippen LogP contribution in [-0.4, -0.2) is 77.8 Å². The second-order valence-corrected chi connectivity index (χ2v) is 17.2. The third-order valence-electron chi connectivity index (χ3n) is 6.37. The third kappa shape index (κ3) is 9.21. The fourth-order valence-electron chi connectivity index (χ4n) is 4.17. The molecule has 0 saturated carbocycles. The number of sulfone groups is 1. The Hall–Kier alpha value is -4.58. The summed E-state index contributed by atoms with van der Waals surface area (Å²) < 4.78 is 173. The molecule has 7 N–H and O–H groups in total. The Bertz CT molecular complexity index is 2700. The fourth-order valence-corrected chi connectivity index (χ4v) is 7.53. The van der Waals surface area contributed by atoms with Crippen LogP contribution in [0.5, 0.6) is 5.75 Å².